The Hall–Kier alpha value is -5.61. The molecule has 5 aliphatic rings. The van der Waals surface area contributed by atoms with Gasteiger partial charge in [-0.05, 0) is 190 Å². The molecule has 11 rings (SSSR count). The molecule has 2 amide bonds. The fourth-order valence-electron chi connectivity index (χ4n) is 11.8. The van der Waals surface area contributed by atoms with Crippen LogP contribution in [0.5, 0.6) is 23.0 Å². The molecule has 7 heterocycles. The van der Waals surface area contributed by atoms with Gasteiger partial charge in [0.05, 0.1) is 81.7 Å². The molecular weight excluding hydrogens is 1180 g/mol. The van der Waals surface area contributed by atoms with E-state index in [1.54, 1.807) is 14.2 Å². The Morgan fingerprint density at radius 3 is 1.23 bits per heavy atom. The summed E-state index contributed by atoms with van der Waals surface area (Å²) in [5.74, 6) is 3.66. The van der Waals surface area contributed by atoms with Gasteiger partial charge in [-0.3, -0.25) is 19.0 Å². The Labute approximate surface area is 530 Å². The summed E-state index contributed by atoms with van der Waals surface area (Å²) in [5, 5.41) is 11.3. The summed E-state index contributed by atoms with van der Waals surface area (Å²) in [6.07, 6.45) is 0.658. The van der Waals surface area contributed by atoms with E-state index in [2.05, 4.69) is 48.7 Å². The summed E-state index contributed by atoms with van der Waals surface area (Å²) in [5.41, 5.74) is 4.53. The number of nitrogens with zero attached hydrogens (tertiary/aromatic N) is 6. The molecular formula is C66H92B3BrN6O12. The fourth-order valence-corrected chi connectivity index (χ4v) is 12.2. The molecule has 0 radical (unpaired) electrons. The van der Waals surface area contributed by atoms with Gasteiger partial charge in [0.25, 0.3) is 0 Å². The number of halogens is 1. The number of hydrogen-bond donors (Lipinski definition) is 0. The average molecular weight is 1270 g/mol. The average Bonchev–Trinajstić information content (AvgIpc) is 2.42. The third-order valence-corrected chi connectivity index (χ3v) is 20.6. The molecule has 5 aliphatic heterocycles. The number of aryl methyl sites for hydroxylation is 4. The molecule has 88 heavy (non-hydrogen) atoms. The fraction of sp³-hybridized carbons (Fsp3) is 0.576. The first-order valence-corrected chi connectivity index (χ1v) is 31.6. The van der Waals surface area contributed by atoms with Crippen molar-refractivity contribution in [2.45, 2.75) is 195 Å². The minimum absolute atomic E-state index is 0.00810. The lowest BCUT2D eigenvalue weighted by molar-refractivity contribution is -0.130. The quantitative estimate of drug-likeness (QED) is 0.0944. The molecule has 0 unspecified atom stereocenters. The summed E-state index contributed by atoms with van der Waals surface area (Å²) < 4.78 is 64.8. The zero-order valence-corrected chi connectivity index (χ0v) is 57.5. The summed E-state index contributed by atoms with van der Waals surface area (Å²) >= 11 is 3.56. The maximum atomic E-state index is 13.1. The van der Waals surface area contributed by atoms with Crippen molar-refractivity contribution in [1.29, 1.82) is 0 Å². The van der Waals surface area contributed by atoms with Crippen LogP contribution in [0.15, 0.2) is 77.3 Å². The zero-order valence-electron chi connectivity index (χ0n) is 55.9. The van der Waals surface area contributed by atoms with Crippen molar-refractivity contribution < 1.29 is 56.5 Å². The second kappa shape index (κ2) is 24.9. The van der Waals surface area contributed by atoms with E-state index >= 15 is 0 Å². The minimum atomic E-state index is -0.520. The first kappa shape index (κ1) is 66.8. The molecule has 0 spiro atoms. The van der Waals surface area contributed by atoms with Crippen molar-refractivity contribution in [3.63, 3.8) is 0 Å². The van der Waals surface area contributed by atoms with Crippen molar-refractivity contribution in [3.8, 4) is 23.0 Å². The molecule has 474 valence electrons. The highest BCUT2D eigenvalue weighted by atomic mass is 79.9. The largest absolute Gasteiger partial charge is 0.497 e. The standard InChI is InChI=1S/C30H40BN3O5.C24H28BrN3O3.C12H24B2O4/c1-18(21-10-12-24(36-9)13-11-21)34-17-22(14-27(34)35)20(3)37-26-16-23(15-25-28(26)19(2)33(8)32-25)31-38-29(4,5)30(6,7)39-31;1-14(17-6-8-20(30-5)9-7-17)28-13-18(10-23(28)29)16(3)31-22-12-19(25)11-21-24(22)15(2)27(4)26-21;1-9(2)10(3,4)16-13(15-9)14-17-11(5,6)12(7,8)18-14/h10-13,15-16,18,20,22H,14,17H2,1-9H3;6-9,11-12,14,16,18H,10,13H2,1-5H3;1-8H3/t18-,20+,22+;14-,16+,18+;/m00./s1. The molecule has 5 fully saturated rings. The van der Waals surface area contributed by atoms with Crippen LogP contribution in [0.3, 0.4) is 0 Å². The Morgan fingerprint density at radius 1 is 0.523 bits per heavy atom. The van der Waals surface area contributed by atoms with Crippen molar-refractivity contribution in [3.05, 3.63) is 99.8 Å². The van der Waals surface area contributed by atoms with Crippen LogP contribution in [0.1, 0.15) is 158 Å². The van der Waals surface area contributed by atoms with Gasteiger partial charge in [0, 0.05) is 67.7 Å². The van der Waals surface area contributed by atoms with Crippen LogP contribution in [-0.2, 0) is 51.6 Å². The Kier molecular flexibility index (Phi) is 18.9. The first-order chi connectivity index (χ1) is 41.0. The second-order valence-electron chi connectivity index (χ2n) is 27.5. The zero-order chi connectivity index (χ0) is 64.5. The molecule has 0 aliphatic carbocycles. The predicted molar refractivity (Wildman–Crippen MR) is 349 cm³/mol. The van der Waals surface area contributed by atoms with Gasteiger partial charge in [-0.1, -0.05) is 40.2 Å². The van der Waals surface area contributed by atoms with Gasteiger partial charge in [0.15, 0.2) is 0 Å². The third kappa shape index (κ3) is 13.3. The number of amides is 2. The highest BCUT2D eigenvalue weighted by molar-refractivity contribution is 9.10. The van der Waals surface area contributed by atoms with E-state index in [1.807, 2.05) is 203 Å². The van der Waals surface area contributed by atoms with Crippen LogP contribution < -0.4 is 24.4 Å². The van der Waals surface area contributed by atoms with Crippen molar-refractivity contribution in [2.75, 3.05) is 27.3 Å². The van der Waals surface area contributed by atoms with Gasteiger partial charge in [0.1, 0.15) is 35.2 Å². The van der Waals surface area contributed by atoms with Crippen molar-refractivity contribution >= 4 is 76.1 Å². The highest BCUT2D eigenvalue weighted by Gasteiger charge is 2.64. The van der Waals surface area contributed by atoms with Gasteiger partial charge in [-0.25, -0.2) is 0 Å². The predicted octanol–water partition coefficient (Wildman–Crippen LogP) is 11.8. The van der Waals surface area contributed by atoms with Crippen LogP contribution >= 0.6 is 15.9 Å². The van der Waals surface area contributed by atoms with Crippen LogP contribution in [0, 0.1) is 25.7 Å². The van der Waals surface area contributed by atoms with Crippen LogP contribution in [-0.4, -0.2) is 135 Å². The Bertz CT molecular complexity index is 3430. The number of rotatable bonds is 14. The number of carbonyl (C=O) groups excluding carboxylic acids is 2. The summed E-state index contributed by atoms with van der Waals surface area (Å²) in [6.45, 7) is 38.0. The van der Waals surface area contributed by atoms with Crippen LogP contribution in [0.2, 0.25) is 0 Å². The number of fused-ring (bicyclic) bond motifs is 2. The Morgan fingerprint density at radius 2 is 0.864 bits per heavy atom. The molecule has 0 bridgehead atoms. The molecule has 4 aromatic carbocycles. The van der Waals surface area contributed by atoms with Gasteiger partial charge in [0.2, 0.25) is 11.8 Å². The first-order valence-electron chi connectivity index (χ1n) is 30.8. The molecule has 2 aromatic heterocycles. The van der Waals surface area contributed by atoms with E-state index in [0.717, 1.165) is 77.3 Å². The molecule has 5 saturated heterocycles. The molecule has 6 aromatic rings. The number of hydrogen-bond acceptors (Lipinski definition) is 14. The third-order valence-electron chi connectivity index (χ3n) is 20.1. The van der Waals surface area contributed by atoms with E-state index in [0.29, 0.717) is 25.9 Å². The molecule has 18 nitrogen and oxygen atoms in total. The summed E-state index contributed by atoms with van der Waals surface area (Å²) in [7, 11) is 5.70. The maximum Gasteiger partial charge on any atom is 0.495 e. The number of methoxy groups -OCH3 is 2. The van der Waals surface area contributed by atoms with E-state index in [9.17, 15) is 9.59 Å². The SMILES string of the molecule is CC1(C)OB(B2OC(C)(C)C(C)(C)O2)OC1(C)C.COc1ccc([C@H](C)N2C[C@H]([C@@H](C)Oc3cc(B4OC(C)(C)C(C)(C)O4)cc4nn(C)c(C)c34)CC2=O)cc1.COc1ccc([C@H](C)N2C[C@H]([C@@H](C)Oc3cc(Br)cc4nn(C)c(C)c34)CC2=O)cc1. The smallest absolute Gasteiger partial charge is 0.495 e. The lowest BCUT2D eigenvalue weighted by Crippen LogP contribution is -2.41. The van der Waals surface area contributed by atoms with E-state index in [4.69, 9.17) is 52.0 Å². The number of likely N-dealkylation sites (tertiary alicyclic amines) is 2. The highest BCUT2D eigenvalue weighted by Crippen LogP contribution is 2.44. The number of aromatic nitrogens is 4. The second-order valence-corrected chi connectivity index (χ2v) is 28.4. The van der Waals surface area contributed by atoms with Gasteiger partial charge in [-0.2, -0.15) is 10.2 Å². The van der Waals surface area contributed by atoms with Gasteiger partial charge in [-0.15, -0.1) is 0 Å². The number of ether oxygens (including phenoxy) is 4. The summed E-state index contributed by atoms with van der Waals surface area (Å²) in [6, 6.07) is 23.8. The minimum Gasteiger partial charge on any atom is -0.497 e. The van der Waals surface area contributed by atoms with Gasteiger partial charge < -0.3 is 56.7 Å². The molecule has 0 N–H and O–H groups in total. The van der Waals surface area contributed by atoms with Gasteiger partial charge >= 0.3 is 21.1 Å². The lowest BCUT2D eigenvalue weighted by Gasteiger charge is -2.32. The van der Waals surface area contributed by atoms with Crippen molar-refractivity contribution in [2.24, 2.45) is 25.9 Å². The maximum absolute atomic E-state index is 13.1. The van der Waals surface area contributed by atoms with E-state index in [1.165, 1.54) is 0 Å². The van der Waals surface area contributed by atoms with E-state index in [-0.39, 0.29) is 70.3 Å². The van der Waals surface area contributed by atoms with Crippen molar-refractivity contribution in [1.82, 2.24) is 29.4 Å². The van der Waals surface area contributed by atoms with E-state index < -0.39 is 32.3 Å². The topological polar surface area (TPSA) is 169 Å². The Balaban J connectivity index is 0.000000168. The summed E-state index contributed by atoms with van der Waals surface area (Å²) in [4.78, 5) is 29.8. The monoisotopic (exact) mass is 1270 g/mol. The van der Waals surface area contributed by atoms with Crippen LogP contribution in [0.4, 0.5) is 0 Å². The number of carbonyl (C=O) groups is 2. The lowest BCUT2D eigenvalue weighted by atomic mass is 9.49. The molecule has 6 atom stereocenters. The number of benzene rings is 4. The molecule has 22 heteroatoms. The normalized spacial score (nSPS) is 22.8. The molecule has 0 saturated carbocycles. The van der Waals surface area contributed by atoms with Crippen LogP contribution in [0.25, 0.3) is 21.8 Å².